The molecule has 0 bridgehead atoms. The van der Waals surface area contributed by atoms with Gasteiger partial charge in [0.2, 0.25) is 0 Å². The lowest BCUT2D eigenvalue weighted by Crippen LogP contribution is -2.44. The van der Waals surface area contributed by atoms with E-state index >= 15 is 0 Å². The van der Waals surface area contributed by atoms with E-state index in [0.717, 1.165) is 22.3 Å². The van der Waals surface area contributed by atoms with E-state index < -0.39 is 11.5 Å². The first kappa shape index (κ1) is 19.1. The molecule has 4 aromatic rings. The van der Waals surface area contributed by atoms with Gasteiger partial charge in [-0.25, -0.2) is 9.78 Å². The molecule has 1 N–H and O–H groups in total. The van der Waals surface area contributed by atoms with Gasteiger partial charge in [0.25, 0.3) is 5.56 Å². The van der Waals surface area contributed by atoms with Gasteiger partial charge in [0.05, 0.1) is 5.39 Å². The maximum absolute atomic E-state index is 13.3. The standard InChI is InChI=1S/C23H20N2O3S/c1-14-24-20-19(21(26)25(14)23(2,3)22(27)28)18(13-29-20)17-11-9-16(10-12-17)15-7-5-4-6-8-15/h4-13H,1-3H3,(H,27,28). The number of thiophene rings is 1. The molecule has 0 saturated heterocycles. The molecule has 0 saturated carbocycles. The lowest BCUT2D eigenvalue weighted by atomic mass is 10.0. The lowest BCUT2D eigenvalue weighted by molar-refractivity contribution is -0.145. The molecule has 0 unspecified atom stereocenters. The Morgan fingerprint density at radius 2 is 1.59 bits per heavy atom. The molecule has 5 nitrogen and oxygen atoms in total. The lowest BCUT2D eigenvalue weighted by Gasteiger charge is -2.24. The van der Waals surface area contributed by atoms with E-state index in [1.54, 1.807) is 6.92 Å². The number of rotatable bonds is 4. The predicted octanol–water partition coefficient (Wildman–Crippen LogP) is 4.92. The Labute approximate surface area is 171 Å². The van der Waals surface area contributed by atoms with Crippen molar-refractivity contribution in [3.05, 3.63) is 76.2 Å². The summed E-state index contributed by atoms with van der Waals surface area (Å²) in [6.07, 6.45) is 0. The van der Waals surface area contributed by atoms with Gasteiger partial charge in [0.1, 0.15) is 16.2 Å². The van der Waals surface area contributed by atoms with Crippen LogP contribution < -0.4 is 5.56 Å². The van der Waals surface area contributed by atoms with Crippen molar-refractivity contribution in [1.82, 2.24) is 9.55 Å². The zero-order chi connectivity index (χ0) is 20.8. The second-order valence-corrected chi connectivity index (χ2v) is 8.29. The van der Waals surface area contributed by atoms with E-state index in [1.165, 1.54) is 29.8 Å². The van der Waals surface area contributed by atoms with Crippen LogP contribution in [0.2, 0.25) is 0 Å². The summed E-state index contributed by atoms with van der Waals surface area (Å²) in [5.41, 5.74) is 2.17. The van der Waals surface area contributed by atoms with Gasteiger partial charge in [0.15, 0.2) is 0 Å². The van der Waals surface area contributed by atoms with E-state index in [-0.39, 0.29) is 5.56 Å². The number of aryl methyl sites for hydroxylation is 1. The fourth-order valence-electron chi connectivity index (χ4n) is 3.53. The van der Waals surface area contributed by atoms with E-state index in [4.69, 9.17) is 0 Å². The highest BCUT2D eigenvalue weighted by Gasteiger charge is 2.33. The van der Waals surface area contributed by atoms with Gasteiger partial charge in [0, 0.05) is 10.9 Å². The molecule has 0 atom stereocenters. The summed E-state index contributed by atoms with van der Waals surface area (Å²) in [5, 5.41) is 12.0. The molecule has 2 aromatic heterocycles. The van der Waals surface area contributed by atoms with Crippen LogP contribution in [0.1, 0.15) is 19.7 Å². The molecule has 4 rings (SSSR count). The second-order valence-electron chi connectivity index (χ2n) is 7.44. The zero-order valence-electron chi connectivity index (χ0n) is 16.3. The van der Waals surface area contributed by atoms with Crippen LogP contribution in [0, 0.1) is 6.92 Å². The van der Waals surface area contributed by atoms with Crippen LogP contribution in [0.15, 0.2) is 64.8 Å². The average Bonchev–Trinajstić information content (AvgIpc) is 3.12. The number of fused-ring (bicyclic) bond motifs is 1. The van der Waals surface area contributed by atoms with Crippen molar-refractivity contribution in [3.63, 3.8) is 0 Å². The van der Waals surface area contributed by atoms with Crippen molar-refractivity contribution < 1.29 is 9.90 Å². The molecule has 0 aliphatic carbocycles. The summed E-state index contributed by atoms with van der Waals surface area (Å²) in [6, 6.07) is 18.1. The molecule has 0 spiro atoms. The third-order valence-electron chi connectivity index (χ3n) is 5.16. The van der Waals surface area contributed by atoms with Crippen LogP contribution in [0.5, 0.6) is 0 Å². The Morgan fingerprint density at radius 3 is 2.21 bits per heavy atom. The SMILES string of the molecule is Cc1nc2scc(-c3ccc(-c4ccccc4)cc3)c2c(=O)n1C(C)(C)C(=O)O. The minimum absolute atomic E-state index is 0.330. The van der Waals surface area contributed by atoms with Crippen molar-refractivity contribution in [2.45, 2.75) is 26.3 Å². The van der Waals surface area contributed by atoms with Crippen LogP contribution in [0.25, 0.3) is 32.5 Å². The topological polar surface area (TPSA) is 72.2 Å². The highest BCUT2D eigenvalue weighted by Crippen LogP contribution is 2.33. The first-order valence-electron chi connectivity index (χ1n) is 9.21. The number of carboxylic acids is 1. The molecule has 0 aliphatic heterocycles. The van der Waals surface area contributed by atoms with Gasteiger partial charge >= 0.3 is 5.97 Å². The van der Waals surface area contributed by atoms with Gasteiger partial charge in [-0.3, -0.25) is 9.36 Å². The van der Waals surface area contributed by atoms with E-state index in [1.807, 2.05) is 60.0 Å². The third kappa shape index (κ3) is 3.15. The normalized spacial score (nSPS) is 11.7. The summed E-state index contributed by atoms with van der Waals surface area (Å²) in [5.74, 6) is -0.685. The molecule has 6 heteroatoms. The van der Waals surface area contributed by atoms with Crippen molar-refractivity contribution >= 4 is 27.5 Å². The van der Waals surface area contributed by atoms with Gasteiger partial charge in [-0.1, -0.05) is 54.6 Å². The number of nitrogens with zero attached hydrogens (tertiary/aromatic N) is 2. The molecule has 146 valence electrons. The Kier molecular flexibility index (Phi) is 4.59. The number of hydrogen-bond donors (Lipinski definition) is 1. The van der Waals surface area contributed by atoms with Crippen LogP contribution in [-0.2, 0) is 10.3 Å². The van der Waals surface area contributed by atoms with Gasteiger partial charge < -0.3 is 5.11 Å². The minimum atomic E-state index is -1.39. The van der Waals surface area contributed by atoms with Crippen LogP contribution >= 0.6 is 11.3 Å². The molecule has 0 radical (unpaired) electrons. The molecule has 0 fully saturated rings. The first-order valence-corrected chi connectivity index (χ1v) is 10.1. The molecule has 0 aliphatic rings. The minimum Gasteiger partial charge on any atom is -0.480 e. The Bertz CT molecular complexity index is 1270. The van der Waals surface area contributed by atoms with E-state index in [2.05, 4.69) is 4.98 Å². The molecular weight excluding hydrogens is 384 g/mol. The quantitative estimate of drug-likeness (QED) is 0.524. The summed E-state index contributed by atoms with van der Waals surface area (Å²) in [7, 11) is 0. The highest BCUT2D eigenvalue weighted by atomic mass is 32.1. The Hall–Kier alpha value is -3.25. The Balaban J connectivity index is 1.88. The van der Waals surface area contributed by atoms with Crippen LogP contribution in [-0.4, -0.2) is 20.6 Å². The summed E-state index contributed by atoms with van der Waals surface area (Å²) < 4.78 is 1.27. The summed E-state index contributed by atoms with van der Waals surface area (Å²) >= 11 is 1.39. The number of aromatic nitrogens is 2. The Morgan fingerprint density at radius 1 is 1.00 bits per heavy atom. The van der Waals surface area contributed by atoms with E-state index in [9.17, 15) is 14.7 Å². The average molecular weight is 404 g/mol. The number of aliphatic carboxylic acids is 1. The smallest absolute Gasteiger partial charge is 0.329 e. The number of hydrogen-bond acceptors (Lipinski definition) is 4. The zero-order valence-corrected chi connectivity index (χ0v) is 17.2. The number of benzene rings is 2. The summed E-state index contributed by atoms with van der Waals surface area (Å²) in [4.78, 5) is 30.2. The van der Waals surface area contributed by atoms with Crippen molar-refractivity contribution in [2.24, 2.45) is 0 Å². The molecule has 2 heterocycles. The molecule has 29 heavy (non-hydrogen) atoms. The maximum Gasteiger partial charge on any atom is 0.329 e. The number of carboxylic acid groups (broad SMARTS) is 1. The van der Waals surface area contributed by atoms with Crippen molar-refractivity contribution in [2.75, 3.05) is 0 Å². The van der Waals surface area contributed by atoms with Crippen LogP contribution in [0.3, 0.4) is 0 Å². The third-order valence-corrected chi connectivity index (χ3v) is 6.03. The van der Waals surface area contributed by atoms with Gasteiger partial charge in [-0.05, 0) is 37.5 Å². The maximum atomic E-state index is 13.3. The number of carbonyl (C=O) groups is 1. The van der Waals surface area contributed by atoms with Crippen molar-refractivity contribution in [3.8, 4) is 22.3 Å². The monoisotopic (exact) mass is 404 g/mol. The molecule has 2 aromatic carbocycles. The fourth-order valence-corrected chi connectivity index (χ4v) is 4.52. The predicted molar refractivity (Wildman–Crippen MR) is 116 cm³/mol. The fraction of sp³-hybridized carbons (Fsp3) is 0.174. The summed E-state index contributed by atoms with van der Waals surface area (Å²) in [6.45, 7) is 4.69. The van der Waals surface area contributed by atoms with Crippen LogP contribution in [0.4, 0.5) is 0 Å². The van der Waals surface area contributed by atoms with Gasteiger partial charge in [-0.15, -0.1) is 11.3 Å². The highest BCUT2D eigenvalue weighted by molar-refractivity contribution is 7.17. The molecular formula is C23H20N2O3S. The largest absolute Gasteiger partial charge is 0.480 e. The molecule has 0 amide bonds. The van der Waals surface area contributed by atoms with Gasteiger partial charge in [-0.2, -0.15) is 0 Å². The van der Waals surface area contributed by atoms with E-state index in [0.29, 0.717) is 16.0 Å². The first-order chi connectivity index (χ1) is 13.8. The van der Waals surface area contributed by atoms with Crippen molar-refractivity contribution in [1.29, 1.82) is 0 Å². The second kappa shape index (κ2) is 6.97.